The van der Waals surface area contributed by atoms with Crippen LogP contribution in [0, 0.1) is 17.0 Å². The smallest absolute Gasteiger partial charge is 0.225 e. The van der Waals surface area contributed by atoms with Gasteiger partial charge in [0.2, 0.25) is 5.91 Å². The number of rotatable bonds is 4. The fourth-order valence-electron chi connectivity index (χ4n) is 2.27. The molecule has 1 fully saturated rings. The van der Waals surface area contributed by atoms with Crippen LogP contribution < -0.4 is 11.1 Å². The summed E-state index contributed by atoms with van der Waals surface area (Å²) >= 11 is 0. The first-order valence-corrected chi connectivity index (χ1v) is 6.00. The first-order valence-electron chi connectivity index (χ1n) is 6.00. The summed E-state index contributed by atoms with van der Waals surface area (Å²) in [6.45, 7) is 0.431. The lowest BCUT2D eigenvalue weighted by Crippen LogP contribution is -2.40. The molecule has 0 bridgehead atoms. The lowest BCUT2D eigenvalue weighted by atomic mass is 9.66. The number of benzene rings is 1. The van der Waals surface area contributed by atoms with Gasteiger partial charge < -0.3 is 11.1 Å². The van der Waals surface area contributed by atoms with E-state index in [1.54, 1.807) is 0 Å². The third-order valence-corrected chi connectivity index (χ3v) is 3.61. The SMILES string of the molecule is NCC1(CC(=O)Nc2c(F)cccc2F)CCC1. The molecule has 5 heteroatoms. The summed E-state index contributed by atoms with van der Waals surface area (Å²) in [4.78, 5) is 11.8. The van der Waals surface area contributed by atoms with Crippen LogP contribution in [0.5, 0.6) is 0 Å². The van der Waals surface area contributed by atoms with Gasteiger partial charge in [-0.25, -0.2) is 8.78 Å². The van der Waals surface area contributed by atoms with E-state index in [2.05, 4.69) is 5.32 Å². The van der Waals surface area contributed by atoms with Crippen molar-refractivity contribution in [2.45, 2.75) is 25.7 Å². The van der Waals surface area contributed by atoms with Gasteiger partial charge in [-0.3, -0.25) is 4.79 Å². The van der Waals surface area contributed by atoms with Gasteiger partial charge in [0.15, 0.2) is 0 Å². The number of nitrogens with two attached hydrogens (primary N) is 1. The van der Waals surface area contributed by atoms with Crippen LogP contribution in [0.15, 0.2) is 18.2 Å². The van der Waals surface area contributed by atoms with Crippen LogP contribution in [-0.2, 0) is 4.79 Å². The molecule has 3 N–H and O–H groups in total. The Morgan fingerprint density at radius 2 is 1.94 bits per heavy atom. The van der Waals surface area contributed by atoms with Crippen molar-refractivity contribution in [3.63, 3.8) is 0 Å². The van der Waals surface area contributed by atoms with Crippen LogP contribution in [-0.4, -0.2) is 12.5 Å². The molecule has 0 unspecified atom stereocenters. The lowest BCUT2D eigenvalue weighted by Gasteiger charge is -2.40. The number of hydrogen-bond acceptors (Lipinski definition) is 2. The predicted octanol–water partition coefficient (Wildman–Crippen LogP) is 2.42. The normalized spacial score (nSPS) is 17.1. The molecular weight excluding hydrogens is 238 g/mol. The highest BCUT2D eigenvalue weighted by molar-refractivity contribution is 5.91. The van der Waals surface area contributed by atoms with Crippen molar-refractivity contribution in [3.8, 4) is 0 Å². The zero-order valence-electron chi connectivity index (χ0n) is 10.0. The van der Waals surface area contributed by atoms with E-state index in [-0.39, 0.29) is 23.4 Å². The van der Waals surface area contributed by atoms with E-state index in [0.717, 1.165) is 31.4 Å². The Kier molecular flexibility index (Phi) is 3.61. The second-order valence-electron chi connectivity index (χ2n) is 4.88. The lowest BCUT2D eigenvalue weighted by molar-refractivity contribution is -0.119. The Bertz CT molecular complexity index is 433. The quantitative estimate of drug-likeness (QED) is 0.867. The minimum absolute atomic E-state index is 0.175. The van der Waals surface area contributed by atoms with E-state index in [4.69, 9.17) is 5.73 Å². The molecule has 1 aromatic rings. The first-order chi connectivity index (χ1) is 8.56. The number of hydrogen-bond donors (Lipinski definition) is 2. The van der Waals surface area contributed by atoms with E-state index in [1.807, 2.05) is 0 Å². The average Bonchev–Trinajstić information content (AvgIpc) is 2.29. The van der Waals surface area contributed by atoms with Gasteiger partial charge in [0.05, 0.1) is 0 Å². The van der Waals surface area contributed by atoms with E-state index in [1.165, 1.54) is 6.07 Å². The van der Waals surface area contributed by atoms with Gasteiger partial charge in [0.1, 0.15) is 17.3 Å². The van der Waals surface area contributed by atoms with E-state index < -0.39 is 11.6 Å². The third kappa shape index (κ3) is 2.51. The topological polar surface area (TPSA) is 55.1 Å². The highest BCUT2D eigenvalue weighted by atomic mass is 19.1. The number of amides is 1. The van der Waals surface area contributed by atoms with Gasteiger partial charge in [0.25, 0.3) is 0 Å². The summed E-state index contributed by atoms with van der Waals surface area (Å²) in [6, 6.07) is 3.48. The van der Waals surface area contributed by atoms with Crippen LogP contribution in [0.2, 0.25) is 0 Å². The first kappa shape index (κ1) is 13.0. The average molecular weight is 254 g/mol. The molecule has 0 saturated heterocycles. The van der Waals surface area contributed by atoms with Crippen molar-refractivity contribution >= 4 is 11.6 Å². The van der Waals surface area contributed by atoms with Crippen molar-refractivity contribution in [1.29, 1.82) is 0 Å². The second-order valence-corrected chi connectivity index (χ2v) is 4.88. The number of para-hydroxylation sites is 1. The largest absolute Gasteiger partial charge is 0.330 e. The van der Waals surface area contributed by atoms with Crippen LogP contribution >= 0.6 is 0 Å². The molecule has 0 heterocycles. The van der Waals surface area contributed by atoms with Gasteiger partial charge in [-0.2, -0.15) is 0 Å². The molecule has 98 valence electrons. The van der Waals surface area contributed by atoms with Crippen molar-refractivity contribution in [3.05, 3.63) is 29.8 Å². The number of anilines is 1. The van der Waals surface area contributed by atoms with Gasteiger partial charge in [-0.1, -0.05) is 12.5 Å². The molecular formula is C13H16F2N2O. The van der Waals surface area contributed by atoms with Crippen molar-refractivity contribution in [2.24, 2.45) is 11.1 Å². The molecule has 1 aliphatic carbocycles. The van der Waals surface area contributed by atoms with E-state index in [0.29, 0.717) is 6.54 Å². The van der Waals surface area contributed by atoms with Crippen LogP contribution in [0.1, 0.15) is 25.7 Å². The minimum atomic E-state index is -0.765. The van der Waals surface area contributed by atoms with Gasteiger partial charge in [-0.15, -0.1) is 0 Å². The van der Waals surface area contributed by atoms with Gasteiger partial charge >= 0.3 is 0 Å². The molecule has 2 rings (SSSR count). The molecule has 0 aliphatic heterocycles. The van der Waals surface area contributed by atoms with Gasteiger partial charge in [-0.05, 0) is 36.9 Å². The predicted molar refractivity (Wildman–Crippen MR) is 64.9 cm³/mol. The number of halogens is 2. The highest BCUT2D eigenvalue weighted by Gasteiger charge is 2.37. The summed E-state index contributed by atoms with van der Waals surface area (Å²) in [6.07, 6.45) is 3.07. The molecule has 1 aromatic carbocycles. The summed E-state index contributed by atoms with van der Waals surface area (Å²) < 4.78 is 26.7. The van der Waals surface area contributed by atoms with Crippen molar-refractivity contribution in [2.75, 3.05) is 11.9 Å². The number of carbonyl (C=O) groups is 1. The summed E-state index contributed by atoms with van der Waals surface area (Å²) in [7, 11) is 0. The standard InChI is InChI=1S/C13H16F2N2O/c14-9-3-1-4-10(15)12(9)17-11(18)7-13(8-16)5-2-6-13/h1,3-4H,2,5-8,16H2,(H,17,18). The summed E-state index contributed by atoms with van der Waals surface area (Å²) in [5, 5.41) is 2.29. The molecule has 1 saturated carbocycles. The number of carbonyl (C=O) groups excluding carboxylic acids is 1. The van der Waals surface area contributed by atoms with Crippen molar-refractivity contribution in [1.82, 2.24) is 0 Å². The molecule has 18 heavy (non-hydrogen) atoms. The van der Waals surface area contributed by atoms with Gasteiger partial charge in [0, 0.05) is 6.42 Å². The molecule has 3 nitrogen and oxygen atoms in total. The Morgan fingerprint density at radius 3 is 2.39 bits per heavy atom. The van der Waals surface area contributed by atoms with Crippen LogP contribution in [0.3, 0.4) is 0 Å². The molecule has 0 atom stereocenters. The number of nitrogens with one attached hydrogen (secondary N) is 1. The monoisotopic (exact) mass is 254 g/mol. The molecule has 0 radical (unpaired) electrons. The maximum atomic E-state index is 13.3. The molecule has 0 spiro atoms. The summed E-state index contributed by atoms with van der Waals surface area (Å²) in [5.74, 6) is -1.92. The third-order valence-electron chi connectivity index (χ3n) is 3.61. The Morgan fingerprint density at radius 1 is 1.33 bits per heavy atom. The summed E-state index contributed by atoms with van der Waals surface area (Å²) in [5.41, 5.74) is 5.09. The Balaban J connectivity index is 2.03. The molecule has 0 aromatic heterocycles. The Labute approximate surface area is 104 Å². The highest BCUT2D eigenvalue weighted by Crippen LogP contribution is 2.43. The fraction of sp³-hybridized carbons (Fsp3) is 0.462. The van der Waals surface area contributed by atoms with E-state index in [9.17, 15) is 13.6 Å². The minimum Gasteiger partial charge on any atom is -0.330 e. The molecule has 1 aliphatic rings. The second kappa shape index (κ2) is 5.02. The maximum Gasteiger partial charge on any atom is 0.225 e. The fourth-order valence-corrected chi connectivity index (χ4v) is 2.27. The zero-order chi connectivity index (χ0) is 13.2. The van der Waals surface area contributed by atoms with E-state index >= 15 is 0 Å². The van der Waals surface area contributed by atoms with Crippen molar-refractivity contribution < 1.29 is 13.6 Å². The zero-order valence-corrected chi connectivity index (χ0v) is 10.0. The van der Waals surface area contributed by atoms with Crippen LogP contribution in [0.25, 0.3) is 0 Å². The maximum absolute atomic E-state index is 13.3. The molecule has 1 amide bonds. The van der Waals surface area contributed by atoms with Crippen LogP contribution in [0.4, 0.5) is 14.5 Å². The Hall–Kier alpha value is -1.49.